The Kier molecular flexibility index (Phi) is 4.05. The van der Waals surface area contributed by atoms with E-state index in [2.05, 4.69) is 114 Å². The average Bonchev–Trinajstić information content (AvgIpc) is 3.66. The third kappa shape index (κ3) is 2.82. The van der Waals surface area contributed by atoms with E-state index in [1.165, 1.54) is 21.8 Å². The second-order valence-electron chi connectivity index (χ2n) is 10.1. The SMILES string of the molecule is c1ccc2c(c1)oc1cccc(-c3cccc4c3oc3cc(-n5c6ccccc6c6ccccc65)ccc34)c12. The molecule has 0 amide bonds. The highest BCUT2D eigenvalue weighted by Crippen LogP contribution is 2.42. The van der Waals surface area contributed by atoms with Gasteiger partial charge in [-0.05, 0) is 42.0 Å². The quantitative estimate of drug-likeness (QED) is 0.237. The van der Waals surface area contributed by atoms with Gasteiger partial charge in [-0.1, -0.05) is 84.9 Å². The lowest BCUT2D eigenvalue weighted by Gasteiger charge is -2.07. The highest BCUT2D eigenvalue weighted by molar-refractivity contribution is 6.17. The number of fused-ring (bicyclic) bond motifs is 9. The molecule has 0 N–H and O–H groups in total. The summed E-state index contributed by atoms with van der Waals surface area (Å²) < 4.78 is 15.2. The zero-order chi connectivity index (χ0) is 25.5. The standard InChI is InChI=1S/C36H21NO2/c1-4-15-30-23(9-1)24-10-2-5-16-31(24)37(30)22-19-20-25-27-13-7-14-28(36(27)39-34(25)21-22)26-12-8-18-33-35(26)29-11-3-6-17-32(29)38-33/h1-21H. The molecular weight excluding hydrogens is 478 g/mol. The summed E-state index contributed by atoms with van der Waals surface area (Å²) in [5.74, 6) is 0. The van der Waals surface area contributed by atoms with Gasteiger partial charge in [0.05, 0.1) is 11.0 Å². The number of para-hydroxylation sites is 4. The van der Waals surface area contributed by atoms with Gasteiger partial charge >= 0.3 is 0 Å². The molecule has 0 aliphatic rings. The van der Waals surface area contributed by atoms with E-state index in [9.17, 15) is 0 Å². The van der Waals surface area contributed by atoms with Crippen LogP contribution in [-0.4, -0.2) is 4.57 Å². The number of nitrogens with zero attached hydrogens (tertiary/aromatic N) is 1. The van der Waals surface area contributed by atoms with E-state index in [4.69, 9.17) is 8.83 Å². The normalized spacial score (nSPS) is 12.1. The van der Waals surface area contributed by atoms with Gasteiger partial charge in [-0.15, -0.1) is 0 Å². The van der Waals surface area contributed by atoms with Crippen LogP contribution in [-0.2, 0) is 0 Å². The van der Waals surface area contributed by atoms with Crippen molar-refractivity contribution in [3.63, 3.8) is 0 Å². The van der Waals surface area contributed by atoms with Gasteiger partial charge in [0.15, 0.2) is 0 Å². The molecule has 6 aromatic carbocycles. The summed E-state index contributed by atoms with van der Waals surface area (Å²) in [6, 6.07) is 44.6. The molecule has 0 unspecified atom stereocenters. The Balaban J connectivity index is 1.32. The van der Waals surface area contributed by atoms with E-state index in [1.54, 1.807) is 0 Å². The van der Waals surface area contributed by atoms with Crippen molar-refractivity contribution in [1.82, 2.24) is 4.57 Å². The molecule has 0 aliphatic heterocycles. The Morgan fingerprint density at radius 3 is 1.87 bits per heavy atom. The monoisotopic (exact) mass is 499 g/mol. The molecule has 39 heavy (non-hydrogen) atoms. The zero-order valence-electron chi connectivity index (χ0n) is 20.9. The van der Waals surface area contributed by atoms with Gasteiger partial charge in [0.25, 0.3) is 0 Å². The fraction of sp³-hybridized carbons (Fsp3) is 0. The predicted octanol–water partition coefficient (Wildman–Crippen LogP) is 10.2. The van der Waals surface area contributed by atoms with Gasteiger partial charge in [0.2, 0.25) is 0 Å². The number of rotatable bonds is 2. The van der Waals surface area contributed by atoms with Crippen LogP contribution in [0.1, 0.15) is 0 Å². The fourth-order valence-corrected chi connectivity index (χ4v) is 6.34. The molecule has 0 spiro atoms. The van der Waals surface area contributed by atoms with Gasteiger partial charge in [-0.25, -0.2) is 0 Å². The van der Waals surface area contributed by atoms with Gasteiger partial charge in [0, 0.05) is 49.6 Å². The Bertz CT molecular complexity index is 2350. The van der Waals surface area contributed by atoms with Crippen molar-refractivity contribution < 1.29 is 8.83 Å². The summed E-state index contributed by atoms with van der Waals surface area (Å²) in [5, 5.41) is 6.96. The van der Waals surface area contributed by atoms with Crippen LogP contribution in [0, 0.1) is 0 Å². The first-order valence-electron chi connectivity index (χ1n) is 13.2. The first-order valence-corrected chi connectivity index (χ1v) is 13.2. The summed E-state index contributed by atoms with van der Waals surface area (Å²) in [7, 11) is 0. The maximum atomic E-state index is 6.69. The number of hydrogen-bond donors (Lipinski definition) is 0. The molecule has 0 bridgehead atoms. The maximum absolute atomic E-state index is 6.69. The van der Waals surface area contributed by atoms with Gasteiger partial charge in [0.1, 0.15) is 22.3 Å². The Morgan fingerprint density at radius 2 is 1.05 bits per heavy atom. The second kappa shape index (κ2) is 7.62. The van der Waals surface area contributed by atoms with Crippen LogP contribution in [0.3, 0.4) is 0 Å². The Morgan fingerprint density at radius 1 is 0.410 bits per heavy atom. The van der Waals surface area contributed by atoms with E-state index in [0.717, 1.165) is 60.7 Å². The lowest BCUT2D eigenvalue weighted by atomic mass is 9.97. The lowest BCUT2D eigenvalue weighted by molar-refractivity contribution is 0.668. The first-order chi connectivity index (χ1) is 19.3. The molecule has 3 nitrogen and oxygen atoms in total. The van der Waals surface area contributed by atoms with Crippen LogP contribution in [0.25, 0.3) is 82.5 Å². The van der Waals surface area contributed by atoms with Gasteiger partial charge in [-0.3, -0.25) is 0 Å². The van der Waals surface area contributed by atoms with E-state index in [0.29, 0.717) is 0 Å². The highest BCUT2D eigenvalue weighted by atomic mass is 16.3. The summed E-state index contributed by atoms with van der Waals surface area (Å²) in [5.41, 5.74) is 9.20. The molecule has 9 aromatic rings. The highest BCUT2D eigenvalue weighted by Gasteiger charge is 2.18. The summed E-state index contributed by atoms with van der Waals surface area (Å²) in [6.45, 7) is 0. The molecule has 0 aliphatic carbocycles. The molecule has 0 fully saturated rings. The summed E-state index contributed by atoms with van der Waals surface area (Å²) in [4.78, 5) is 0. The Hall–Kier alpha value is -5.28. The first kappa shape index (κ1) is 20.7. The minimum absolute atomic E-state index is 0.876. The number of furan rings is 2. The van der Waals surface area contributed by atoms with Crippen molar-refractivity contribution in [3.05, 3.63) is 127 Å². The molecule has 182 valence electrons. The fourth-order valence-electron chi connectivity index (χ4n) is 6.34. The third-order valence-electron chi connectivity index (χ3n) is 8.01. The van der Waals surface area contributed by atoms with Crippen LogP contribution >= 0.6 is 0 Å². The second-order valence-corrected chi connectivity index (χ2v) is 10.1. The van der Waals surface area contributed by atoms with Crippen LogP contribution in [0.4, 0.5) is 0 Å². The molecule has 3 aromatic heterocycles. The van der Waals surface area contributed by atoms with Crippen molar-refractivity contribution in [2.45, 2.75) is 0 Å². The van der Waals surface area contributed by atoms with Crippen LogP contribution in [0.15, 0.2) is 136 Å². The minimum atomic E-state index is 0.876. The van der Waals surface area contributed by atoms with Gasteiger partial charge < -0.3 is 13.4 Å². The van der Waals surface area contributed by atoms with Crippen LogP contribution < -0.4 is 0 Å². The van der Waals surface area contributed by atoms with Crippen molar-refractivity contribution in [1.29, 1.82) is 0 Å². The topological polar surface area (TPSA) is 31.2 Å². The van der Waals surface area contributed by atoms with Gasteiger partial charge in [-0.2, -0.15) is 0 Å². The smallest absolute Gasteiger partial charge is 0.143 e. The number of benzene rings is 6. The molecule has 0 radical (unpaired) electrons. The molecule has 9 rings (SSSR count). The summed E-state index contributed by atoms with van der Waals surface area (Å²) in [6.07, 6.45) is 0. The predicted molar refractivity (Wildman–Crippen MR) is 161 cm³/mol. The molecule has 0 saturated heterocycles. The zero-order valence-corrected chi connectivity index (χ0v) is 20.9. The molecular formula is C36H21NO2. The molecule has 3 heteroatoms. The lowest BCUT2D eigenvalue weighted by Crippen LogP contribution is -1.93. The largest absolute Gasteiger partial charge is 0.456 e. The van der Waals surface area contributed by atoms with E-state index < -0.39 is 0 Å². The van der Waals surface area contributed by atoms with E-state index in [-0.39, 0.29) is 0 Å². The average molecular weight is 500 g/mol. The van der Waals surface area contributed by atoms with E-state index >= 15 is 0 Å². The third-order valence-corrected chi connectivity index (χ3v) is 8.01. The number of hydrogen-bond acceptors (Lipinski definition) is 2. The van der Waals surface area contributed by atoms with Crippen LogP contribution in [0.5, 0.6) is 0 Å². The van der Waals surface area contributed by atoms with Crippen molar-refractivity contribution in [3.8, 4) is 16.8 Å². The van der Waals surface area contributed by atoms with Crippen molar-refractivity contribution in [2.24, 2.45) is 0 Å². The summed E-state index contributed by atoms with van der Waals surface area (Å²) >= 11 is 0. The molecule has 0 atom stereocenters. The Labute approximate surface area is 223 Å². The molecule has 3 heterocycles. The maximum Gasteiger partial charge on any atom is 0.143 e. The number of aromatic nitrogens is 1. The minimum Gasteiger partial charge on any atom is -0.456 e. The van der Waals surface area contributed by atoms with E-state index in [1.807, 2.05) is 18.2 Å². The van der Waals surface area contributed by atoms with Crippen molar-refractivity contribution >= 4 is 65.7 Å². The van der Waals surface area contributed by atoms with Crippen molar-refractivity contribution in [2.75, 3.05) is 0 Å². The molecule has 0 saturated carbocycles. The van der Waals surface area contributed by atoms with Crippen LogP contribution in [0.2, 0.25) is 0 Å².